The lowest BCUT2D eigenvalue weighted by Crippen LogP contribution is -2.67. The first-order chi connectivity index (χ1) is 43.4. The molecular weight excluding hydrogens is 1190 g/mol. The third-order valence-electron chi connectivity index (χ3n) is 17.6. The molecule has 2 rings (SSSR count). The zero-order chi connectivity index (χ0) is 66.2. The molecular formula is C68H132N3O19P. The number of aliphatic hydroxyl groups excluding tert-OH is 6. The summed E-state index contributed by atoms with van der Waals surface area (Å²) in [6, 6.07) is -3.31. The van der Waals surface area contributed by atoms with Crippen molar-refractivity contribution in [2.75, 3.05) is 13.2 Å². The number of phosphoric ester groups is 1. The third kappa shape index (κ3) is 42.0. The molecule has 0 aromatic rings. The normalized spacial score (nSPS) is 23.3. The van der Waals surface area contributed by atoms with Crippen LogP contribution in [0.1, 0.15) is 317 Å². The van der Waals surface area contributed by atoms with Crippen molar-refractivity contribution in [3.05, 3.63) is 0 Å². The quantitative estimate of drug-likeness (QED) is 0.0154. The number of carbonyl (C=O) groups is 4. The highest BCUT2D eigenvalue weighted by molar-refractivity contribution is 7.44. The minimum absolute atomic E-state index is 0. The van der Waals surface area contributed by atoms with Gasteiger partial charge in [-0.2, -0.15) is 0 Å². The average Bonchev–Trinajstić information content (AvgIpc) is 0.911. The van der Waals surface area contributed by atoms with Gasteiger partial charge in [0.1, 0.15) is 48.7 Å². The fourth-order valence-electron chi connectivity index (χ4n) is 12.2. The molecule has 2 aliphatic heterocycles. The summed E-state index contributed by atoms with van der Waals surface area (Å²) in [5.74, 6) is -2.91. The van der Waals surface area contributed by atoms with Crippen molar-refractivity contribution in [2.45, 2.75) is 396 Å². The number of aliphatic hydroxyl groups is 6. The van der Waals surface area contributed by atoms with E-state index in [2.05, 4.69) is 38.3 Å². The Bertz CT molecular complexity index is 1860. The monoisotopic (exact) mass is 1330 g/mol. The maximum atomic E-state index is 14.1. The molecule has 0 spiro atoms. The number of carbonyl (C=O) groups excluding carboxylic acids is 4. The maximum Gasteiger partial charge on any atom is 0.308 e. The summed E-state index contributed by atoms with van der Waals surface area (Å²) >= 11 is 0. The Hall–Kier alpha value is -2.41. The highest BCUT2D eigenvalue weighted by Gasteiger charge is 2.51. The van der Waals surface area contributed by atoms with E-state index in [-0.39, 0.29) is 25.4 Å². The smallest absolute Gasteiger partial charge is 0.308 e. The Morgan fingerprint density at radius 2 is 0.890 bits per heavy atom. The van der Waals surface area contributed by atoms with Crippen LogP contribution in [0.5, 0.6) is 0 Å². The molecule has 14 atom stereocenters. The molecule has 2 amide bonds. The molecule has 2 saturated heterocycles. The Balaban J connectivity index is 0.0000414. The predicted octanol–water partition coefficient (Wildman–Crippen LogP) is 11.5. The van der Waals surface area contributed by atoms with E-state index in [1.54, 1.807) is 0 Å². The molecule has 0 aromatic heterocycles. The van der Waals surface area contributed by atoms with Crippen LogP contribution in [-0.4, -0.2) is 152 Å². The summed E-state index contributed by atoms with van der Waals surface area (Å²) in [6.07, 6.45) is 22.8. The molecule has 538 valence electrons. The van der Waals surface area contributed by atoms with Crippen molar-refractivity contribution in [3.8, 4) is 0 Å². The van der Waals surface area contributed by atoms with Gasteiger partial charge in [0.05, 0.1) is 44.7 Å². The molecule has 0 aliphatic carbocycles. The Morgan fingerprint density at radius 3 is 1.33 bits per heavy atom. The van der Waals surface area contributed by atoms with E-state index in [9.17, 15) is 64.2 Å². The van der Waals surface area contributed by atoms with Crippen molar-refractivity contribution >= 4 is 31.6 Å². The van der Waals surface area contributed by atoms with Crippen molar-refractivity contribution in [1.82, 2.24) is 16.8 Å². The van der Waals surface area contributed by atoms with E-state index >= 15 is 0 Å². The molecule has 13 N–H and O–H groups in total. The van der Waals surface area contributed by atoms with Gasteiger partial charge in [0.2, 0.25) is 11.8 Å². The summed E-state index contributed by atoms with van der Waals surface area (Å²) in [6.45, 7) is 6.99. The summed E-state index contributed by atoms with van der Waals surface area (Å²) in [5, 5.41) is 72.5. The van der Waals surface area contributed by atoms with E-state index in [0.29, 0.717) is 44.9 Å². The zero-order valence-electron chi connectivity index (χ0n) is 57.2. The second-order valence-electron chi connectivity index (χ2n) is 26.0. The van der Waals surface area contributed by atoms with Crippen LogP contribution in [0.25, 0.3) is 0 Å². The van der Waals surface area contributed by atoms with Gasteiger partial charge in [-0.05, 0) is 32.1 Å². The van der Waals surface area contributed by atoms with E-state index in [0.717, 1.165) is 116 Å². The van der Waals surface area contributed by atoms with Gasteiger partial charge in [0, 0.05) is 6.42 Å². The van der Waals surface area contributed by atoms with Gasteiger partial charge in [-0.25, -0.2) is 0 Å². The molecule has 0 bridgehead atoms. The Morgan fingerprint density at radius 1 is 0.495 bits per heavy atom. The average molecular weight is 1330 g/mol. The van der Waals surface area contributed by atoms with Gasteiger partial charge in [0.25, 0.3) is 7.82 Å². The van der Waals surface area contributed by atoms with E-state index in [1.807, 2.05) is 0 Å². The van der Waals surface area contributed by atoms with E-state index in [4.69, 9.17) is 28.2 Å². The van der Waals surface area contributed by atoms with Crippen molar-refractivity contribution in [3.63, 3.8) is 0 Å². The topological polar surface area (TPSA) is 366 Å². The molecule has 22 nitrogen and oxygen atoms in total. The number of esters is 2. The molecule has 91 heavy (non-hydrogen) atoms. The van der Waals surface area contributed by atoms with Crippen LogP contribution < -0.4 is 21.7 Å². The van der Waals surface area contributed by atoms with Crippen LogP contribution in [0.15, 0.2) is 0 Å². The molecule has 0 radical (unpaired) electrons. The fourth-order valence-corrected chi connectivity index (χ4v) is 12.7. The molecule has 0 aromatic carbocycles. The van der Waals surface area contributed by atoms with Gasteiger partial charge in [-0.3, -0.25) is 23.7 Å². The van der Waals surface area contributed by atoms with Crippen LogP contribution in [0, 0.1) is 0 Å². The number of unbranched alkanes of at least 4 members (excludes halogenated alkanes) is 34. The largest absolute Gasteiger partial charge is 0.756 e. The first kappa shape index (κ1) is 86.6. The first-order valence-corrected chi connectivity index (χ1v) is 37.5. The highest BCUT2D eigenvalue weighted by Crippen LogP contribution is 2.38. The summed E-state index contributed by atoms with van der Waals surface area (Å²) in [5.41, 5.74) is 0. The second kappa shape index (κ2) is 54.7. The van der Waals surface area contributed by atoms with Gasteiger partial charge in [-0.1, -0.05) is 259 Å². The number of hydrogen-bond acceptors (Lipinski definition) is 18. The highest BCUT2D eigenvalue weighted by atomic mass is 31.2. The predicted molar refractivity (Wildman–Crippen MR) is 351 cm³/mol. The van der Waals surface area contributed by atoms with Crippen LogP contribution >= 0.6 is 7.82 Å². The van der Waals surface area contributed by atoms with E-state index < -0.39 is 131 Å². The van der Waals surface area contributed by atoms with Gasteiger partial charge in [0.15, 0.2) is 18.7 Å². The maximum absolute atomic E-state index is 14.1. The minimum atomic E-state index is -5.62. The van der Waals surface area contributed by atoms with Crippen molar-refractivity contribution in [2.24, 2.45) is 0 Å². The number of hydrogen-bond donors (Lipinski definition) is 10. The number of nitrogens with one attached hydrogen (secondary N) is 2. The van der Waals surface area contributed by atoms with Crippen molar-refractivity contribution < 1.29 is 92.4 Å². The number of rotatable bonds is 58. The van der Waals surface area contributed by atoms with Crippen LogP contribution in [-0.2, 0) is 52.0 Å². The molecule has 0 saturated carbocycles. The second-order valence-corrected chi connectivity index (χ2v) is 27.1. The van der Waals surface area contributed by atoms with Gasteiger partial charge in [-0.15, -0.1) is 0 Å². The number of phosphoric acid groups is 1. The lowest BCUT2D eigenvalue weighted by Gasteiger charge is -2.46. The molecule has 23 heteroatoms. The van der Waals surface area contributed by atoms with Crippen molar-refractivity contribution in [1.29, 1.82) is 0 Å². The SMILES string of the molecule is CCCCCCCCCCCCCC(=O)O[C@@H](CCCCCCCCCCC)CC(=O)N[C@H]1[C@H](OCC2O[C@H](O)[C@H](NC(=O)C[C@H](O)CCCCCCCCCCC)[C@@H](OC(=O)C[C@H](O)CCCCCCCCCCC)[C@@H]2O)O[C@H](CO)[C@@H](OP(=O)([O-])O)[C@@H]1O.[NH4+]. The molecule has 2 heterocycles. The summed E-state index contributed by atoms with van der Waals surface area (Å²) in [7, 11) is -5.62. The third-order valence-corrected chi connectivity index (χ3v) is 18.1. The number of ether oxygens (including phenoxy) is 5. The molecule has 2 unspecified atom stereocenters. The van der Waals surface area contributed by atoms with Crippen LogP contribution in [0.2, 0.25) is 0 Å². The Labute approximate surface area is 548 Å². The van der Waals surface area contributed by atoms with Gasteiger partial charge >= 0.3 is 11.9 Å². The van der Waals surface area contributed by atoms with Crippen LogP contribution in [0.4, 0.5) is 0 Å². The lowest BCUT2D eigenvalue weighted by molar-refractivity contribution is -0.303. The van der Waals surface area contributed by atoms with Crippen LogP contribution in [0.3, 0.4) is 0 Å². The Kier molecular flexibility index (Phi) is 52.0. The molecule has 2 fully saturated rings. The lowest BCUT2D eigenvalue weighted by atomic mass is 9.95. The summed E-state index contributed by atoms with van der Waals surface area (Å²) < 4.78 is 46.4. The van der Waals surface area contributed by atoms with E-state index in [1.165, 1.54) is 103 Å². The fraction of sp³-hybridized carbons (Fsp3) is 0.941. The number of amides is 2. The van der Waals surface area contributed by atoms with Gasteiger partial charge < -0.3 is 85.4 Å². The minimum Gasteiger partial charge on any atom is -0.756 e. The summed E-state index contributed by atoms with van der Waals surface area (Å²) in [4.78, 5) is 76.4. The zero-order valence-corrected chi connectivity index (χ0v) is 58.1. The standard InChI is InChI=1S/C68H129N2O19P.H3N/c1-5-9-13-17-21-25-26-30-34-38-42-46-59(76)85-54(45-41-37-33-29-24-20-16-12-8-4)49-58(75)69-61-64(79)65(89-90(81,82)83)55(50-71)87-68(61)84-51-56-63(78)66(88-60(77)48-53(73)44-40-36-32-28-23-19-15-11-7-3)62(67(80)86-56)70-57(74)47-52(72)43-39-35-31-27-22-18-14-10-6-2;/h52-56,61-68,71-73,78-80H,5-51H2,1-4H3,(H,69,75)(H,70,74)(H2,81,82,83);1H3/t52-,53-,54+,55-,56?,61-,62-,63-,64-,65-,66-,67+,68-;/m1./s1. The number of quaternary nitrogens is 1. The first-order valence-electron chi connectivity index (χ1n) is 36.0. The molecule has 2 aliphatic rings.